The summed E-state index contributed by atoms with van der Waals surface area (Å²) in [5.41, 5.74) is 0. The monoisotopic (exact) mass is 473 g/mol. The number of thiophene rings is 1. The van der Waals surface area contributed by atoms with Gasteiger partial charge >= 0.3 is 29.6 Å². The fourth-order valence-electron chi connectivity index (χ4n) is 2.37. The van der Waals surface area contributed by atoms with Crippen LogP contribution >= 0.6 is 34.5 Å². The van der Waals surface area contributed by atoms with Crippen LogP contribution in [0.15, 0.2) is 30.3 Å². The number of sulfonamides is 1. The van der Waals surface area contributed by atoms with Gasteiger partial charge in [-0.05, 0) is 43.2 Å². The molecule has 0 fully saturated rings. The summed E-state index contributed by atoms with van der Waals surface area (Å²) in [6, 6.07) is 7.99. The number of carbonyl (C=O) groups is 1. The van der Waals surface area contributed by atoms with E-state index in [1.165, 1.54) is 10.4 Å². The molecule has 0 unspecified atom stereocenters. The first-order valence-electron chi connectivity index (χ1n) is 7.99. The molecule has 148 valence electrons. The minimum atomic E-state index is -3.40. The average molecular weight is 474 g/mol. The summed E-state index contributed by atoms with van der Waals surface area (Å²) in [6.45, 7) is 0.631. The van der Waals surface area contributed by atoms with Crippen molar-refractivity contribution in [3.63, 3.8) is 0 Å². The molecule has 2 rings (SSSR count). The van der Waals surface area contributed by atoms with Crippen molar-refractivity contribution in [1.82, 2.24) is 4.31 Å². The molecule has 0 bridgehead atoms. The summed E-state index contributed by atoms with van der Waals surface area (Å²) in [5, 5.41) is 11.7. The fraction of sp³-hybridized carbons (Fsp3) is 0.353. The van der Waals surface area contributed by atoms with Crippen molar-refractivity contribution < 1.29 is 52.6 Å². The van der Waals surface area contributed by atoms with Crippen LogP contribution in [0.25, 0.3) is 0 Å². The molecule has 0 spiro atoms. The van der Waals surface area contributed by atoms with E-state index in [0.29, 0.717) is 35.2 Å². The number of carboxylic acid groups (broad SMARTS) is 1. The molecule has 0 saturated carbocycles. The van der Waals surface area contributed by atoms with Gasteiger partial charge in [-0.25, -0.2) is 8.42 Å². The number of ether oxygens (including phenoxy) is 1. The molecular formula is C17H18Cl2NNaO5S2. The van der Waals surface area contributed by atoms with Crippen molar-refractivity contribution in [2.45, 2.75) is 12.8 Å². The number of benzene rings is 1. The molecule has 1 aromatic heterocycles. The van der Waals surface area contributed by atoms with Gasteiger partial charge < -0.3 is 14.6 Å². The fourth-order valence-corrected chi connectivity index (χ4v) is 4.63. The Morgan fingerprint density at radius 3 is 2.36 bits per heavy atom. The zero-order chi connectivity index (χ0) is 20.0. The zero-order valence-electron chi connectivity index (χ0n) is 15.5. The van der Waals surface area contributed by atoms with Crippen molar-refractivity contribution in [2.24, 2.45) is 0 Å². The first-order valence-corrected chi connectivity index (χ1v) is 11.4. The second-order valence-electron chi connectivity index (χ2n) is 5.77. The quantitative estimate of drug-likeness (QED) is 0.442. The van der Waals surface area contributed by atoms with Crippen LogP contribution in [0.3, 0.4) is 0 Å². The number of hydrogen-bond donors (Lipinski definition) is 0. The van der Waals surface area contributed by atoms with Gasteiger partial charge in [0, 0.05) is 28.0 Å². The first kappa shape index (κ1) is 25.7. The number of aryl methyl sites for hydroxylation is 1. The summed E-state index contributed by atoms with van der Waals surface area (Å²) >= 11 is 12.9. The number of halogens is 2. The number of aromatic carboxylic acids is 1. The Morgan fingerprint density at radius 1 is 1.18 bits per heavy atom. The van der Waals surface area contributed by atoms with E-state index in [-0.39, 0.29) is 47.6 Å². The average Bonchev–Trinajstić information content (AvgIpc) is 3.00. The number of carbonyl (C=O) groups excluding carboxylic acids is 1. The van der Waals surface area contributed by atoms with E-state index in [2.05, 4.69) is 0 Å². The van der Waals surface area contributed by atoms with E-state index >= 15 is 0 Å². The Balaban J connectivity index is 0.00000392. The normalized spacial score (nSPS) is 11.3. The van der Waals surface area contributed by atoms with Crippen LogP contribution in [0.4, 0.5) is 0 Å². The molecule has 0 aliphatic rings. The molecule has 0 atom stereocenters. The van der Waals surface area contributed by atoms with Crippen molar-refractivity contribution >= 4 is 50.5 Å². The van der Waals surface area contributed by atoms with Crippen LogP contribution in [-0.4, -0.2) is 44.6 Å². The number of carboxylic acids is 1. The molecule has 28 heavy (non-hydrogen) atoms. The second-order valence-corrected chi connectivity index (χ2v) is 9.80. The largest absolute Gasteiger partial charge is 1.00 e. The van der Waals surface area contributed by atoms with Crippen molar-refractivity contribution in [3.8, 4) is 5.75 Å². The topological polar surface area (TPSA) is 86.7 Å². The third-order valence-corrected chi connectivity index (χ3v) is 6.47. The van der Waals surface area contributed by atoms with Gasteiger partial charge in [-0.15, -0.1) is 11.3 Å². The molecule has 0 N–H and O–H groups in total. The Morgan fingerprint density at radius 2 is 1.82 bits per heavy atom. The first-order chi connectivity index (χ1) is 12.6. The SMILES string of the molecule is CS(=O)(=O)N(CCCc1ccc(C(=O)[O-])s1)CCOc1cc(Cl)cc(Cl)c1.[Na+]. The maximum atomic E-state index is 12.0. The molecule has 1 aromatic carbocycles. The molecule has 2 aromatic rings. The molecule has 0 saturated heterocycles. The predicted octanol–water partition coefficient (Wildman–Crippen LogP) is -0.304. The molecule has 1 heterocycles. The van der Waals surface area contributed by atoms with Crippen LogP contribution in [0.5, 0.6) is 5.75 Å². The van der Waals surface area contributed by atoms with Gasteiger partial charge in [-0.1, -0.05) is 23.2 Å². The van der Waals surface area contributed by atoms with Crippen LogP contribution in [0.1, 0.15) is 21.0 Å². The van der Waals surface area contributed by atoms with Gasteiger partial charge in [0.2, 0.25) is 10.0 Å². The van der Waals surface area contributed by atoms with Gasteiger partial charge in [0.1, 0.15) is 12.4 Å². The predicted molar refractivity (Wildman–Crippen MR) is 105 cm³/mol. The Kier molecular flexibility index (Phi) is 10.8. The van der Waals surface area contributed by atoms with Crippen molar-refractivity contribution in [1.29, 1.82) is 0 Å². The number of rotatable bonds is 10. The molecule has 0 amide bonds. The molecule has 0 aliphatic carbocycles. The van der Waals surface area contributed by atoms with E-state index < -0.39 is 16.0 Å². The summed E-state index contributed by atoms with van der Waals surface area (Å²) in [7, 11) is -3.40. The third-order valence-electron chi connectivity index (χ3n) is 3.61. The zero-order valence-corrected chi connectivity index (χ0v) is 20.6. The van der Waals surface area contributed by atoms with Gasteiger partial charge in [-0.2, -0.15) is 4.31 Å². The standard InChI is InChI=1S/C17H19Cl2NO5S2.Na/c1-27(23,24)20(6-2-3-15-4-5-16(26-15)17(21)22)7-8-25-14-10-12(18)9-13(19)11-14;/h4-5,9-11H,2-3,6-8H2,1H3,(H,21,22);/q;+1/p-1. The Labute approximate surface area is 200 Å². The van der Waals surface area contributed by atoms with Crippen LogP contribution < -0.4 is 39.4 Å². The molecule has 6 nitrogen and oxygen atoms in total. The summed E-state index contributed by atoms with van der Waals surface area (Å²) in [5.74, 6) is -0.739. The van der Waals surface area contributed by atoms with Crippen molar-refractivity contribution in [3.05, 3.63) is 50.1 Å². The van der Waals surface area contributed by atoms with E-state index in [1.807, 2.05) is 0 Å². The maximum Gasteiger partial charge on any atom is 1.00 e. The van der Waals surface area contributed by atoms with Gasteiger partial charge in [0.25, 0.3) is 0 Å². The van der Waals surface area contributed by atoms with Gasteiger partial charge in [-0.3, -0.25) is 0 Å². The molecule has 0 radical (unpaired) electrons. The van der Waals surface area contributed by atoms with Crippen LogP contribution in [0, 0.1) is 0 Å². The van der Waals surface area contributed by atoms with E-state index in [4.69, 9.17) is 27.9 Å². The minimum Gasteiger partial charge on any atom is -0.544 e. The third kappa shape index (κ3) is 8.59. The van der Waals surface area contributed by atoms with Crippen LogP contribution in [-0.2, 0) is 16.4 Å². The van der Waals surface area contributed by atoms with Gasteiger partial charge in [0.15, 0.2) is 0 Å². The van der Waals surface area contributed by atoms with Crippen molar-refractivity contribution in [2.75, 3.05) is 26.0 Å². The number of nitrogens with zero attached hydrogens (tertiary/aromatic N) is 1. The number of hydrogen-bond acceptors (Lipinski definition) is 6. The Bertz CT molecular complexity index is 884. The molecular weight excluding hydrogens is 456 g/mol. The van der Waals surface area contributed by atoms with Gasteiger partial charge in [0.05, 0.1) is 17.1 Å². The minimum absolute atomic E-state index is 0. The summed E-state index contributed by atoms with van der Waals surface area (Å²) in [6.07, 6.45) is 2.28. The van der Waals surface area contributed by atoms with E-state index in [0.717, 1.165) is 22.5 Å². The summed E-state index contributed by atoms with van der Waals surface area (Å²) in [4.78, 5) is 11.8. The maximum absolute atomic E-state index is 12.0. The molecule has 11 heteroatoms. The van der Waals surface area contributed by atoms with Crippen LogP contribution in [0.2, 0.25) is 10.0 Å². The van der Waals surface area contributed by atoms with E-state index in [1.54, 1.807) is 24.3 Å². The summed E-state index contributed by atoms with van der Waals surface area (Å²) < 4.78 is 30.8. The smallest absolute Gasteiger partial charge is 0.544 e. The second kappa shape index (κ2) is 11.8. The molecule has 0 aliphatic heterocycles. The van der Waals surface area contributed by atoms with E-state index in [9.17, 15) is 18.3 Å². The Hall–Kier alpha value is -0.320.